The van der Waals surface area contributed by atoms with Crippen LogP contribution in [0.2, 0.25) is 0 Å². The number of nitrogens with one attached hydrogen (secondary N) is 1. The quantitative estimate of drug-likeness (QED) is 0.886. The van der Waals surface area contributed by atoms with Gasteiger partial charge >= 0.3 is 0 Å². The molecule has 0 radical (unpaired) electrons. The van der Waals surface area contributed by atoms with Crippen LogP contribution in [0.3, 0.4) is 0 Å². The summed E-state index contributed by atoms with van der Waals surface area (Å²) in [5.74, 6) is 1.08. The number of nitrogens with zero attached hydrogens (tertiary/aromatic N) is 3. The van der Waals surface area contributed by atoms with Crippen LogP contribution in [0.15, 0.2) is 36.7 Å². The minimum atomic E-state index is 0.251. The standard InChI is InChI=1S/C17H24N4/c1-3-21-16(19-13-20-21)12-15(18-2)17(10-7-11-17)14-8-5-4-6-9-14/h4-6,8-9,13,15,18H,3,7,10-12H2,1-2H3. The maximum Gasteiger partial charge on any atom is 0.138 e. The number of likely N-dealkylation sites (N-methyl/N-ethyl adjacent to an activating group) is 1. The summed E-state index contributed by atoms with van der Waals surface area (Å²) < 4.78 is 2.00. The number of rotatable bonds is 6. The van der Waals surface area contributed by atoms with E-state index >= 15 is 0 Å². The van der Waals surface area contributed by atoms with E-state index in [9.17, 15) is 0 Å². The van der Waals surface area contributed by atoms with Crippen LogP contribution in [0.1, 0.15) is 37.6 Å². The molecule has 4 nitrogen and oxygen atoms in total. The van der Waals surface area contributed by atoms with Gasteiger partial charge in [-0.3, -0.25) is 4.68 Å². The number of aryl methyl sites for hydroxylation is 1. The lowest BCUT2D eigenvalue weighted by Crippen LogP contribution is -2.53. The number of aromatic nitrogens is 3. The topological polar surface area (TPSA) is 42.7 Å². The fourth-order valence-electron chi connectivity index (χ4n) is 3.63. The van der Waals surface area contributed by atoms with Gasteiger partial charge in [0.25, 0.3) is 0 Å². The van der Waals surface area contributed by atoms with E-state index in [0.29, 0.717) is 6.04 Å². The molecule has 1 unspecified atom stereocenters. The zero-order chi connectivity index (χ0) is 14.7. The van der Waals surface area contributed by atoms with E-state index in [2.05, 4.69) is 59.7 Å². The first kappa shape index (κ1) is 14.3. The van der Waals surface area contributed by atoms with Crippen molar-refractivity contribution in [3.8, 4) is 0 Å². The summed E-state index contributed by atoms with van der Waals surface area (Å²) in [6, 6.07) is 11.3. The van der Waals surface area contributed by atoms with E-state index in [4.69, 9.17) is 0 Å². The van der Waals surface area contributed by atoms with Crippen molar-refractivity contribution >= 4 is 0 Å². The van der Waals surface area contributed by atoms with Crippen molar-refractivity contribution in [1.82, 2.24) is 20.1 Å². The summed E-state index contributed by atoms with van der Waals surface area (Å²) >= 11 is 0. The summed E-state index contributed by atoms with van der Waals surface area (Å²) in [6.07, 6.45) is 6.42. The van der Waals surface area contributed by atoms with Crippen LogP contribution in [-0.2, 0) is 18.4 Å². The van der Waals surface area contributed by atoms with Gasteiger partial charge in [0.05, 0.1) is 0 Å². The molecule has 1 heterocycles. The average Bonchev–Trinajstić information content (AvgIpc) is 2.93. The lowest BCUT2D eigenvalue weighted by Gasteiger charge is -2.48. The van der Waals surface area contributed by atoms with Crippen molar-refractivity contribution < 1.29 is 0 Å². The van der Waals surface area contributed by atoms with Crippen LogP contribution >= 0.6 is 0 Å². The van der Waals surface area contributed by atoms with E-state index in [1.165, 1.54) is 24.8 Å². The van der Waals surface area contributed by atoms with Crippen molar-refractivity contribution in [3.63, 3.8) is 0 Å². The number of hydrogen-bond donors (Lipinski definition) is 1. The maximum absolute atomic E-state index is 4.45. The van der Waals surface area contributed by atoms with E-state index < -0.39 is 0 Å². The smallest absolute Gasteiger partial charge is 0.138 e. The molecule has 112 valence electrons. The van der Waals surface area contributed by atoms with Crippen LogP contribution in [0, 0.1) is 0 Å². The second kappa shape index (κ2) is 5.98. The Kier molecular flexibility index (Phi) is 4.06. The fraction of sp³-hybridized carbons (Fsp3) is 0.529. The molecule has 1 aromatic carbocycles. The molecule has 3 rings (SSSR count). The summed E-state index contributed by atoms with van der Waals surface area (Å²) in [5.41, 5.74) is 1.71. The molecule has 1 saturated carbocycles. The van der Waals surface area contributed by atoms with Gasteiger partial charge in [-0.2, -0.15) is 5.10 Å². The Hall–Kier alpha value is -1.68. The molecule has 0 bridgehead atoms. The molecule has 4 heteroatoms. The largest absolute Gasteiger partial charge is 0.316 e. The van der Waals surface area contributed by atoms with Gasteiger partial charge in [-0.1, -0.05) is 36.8 Å². The van der Waals surface area contributed by atoms with Crippen molar-refractivity contribution in [2.75, 3.05) is 7.05 Å². The van der Waals surface area contributed by atoms with Crippen molar-refractivity contribution in [2.24, 2.45) is 0 Å². The zero-order valence-corrected chi connectivity index (χ0v) is 12.9. The number of hydrogen-bond acceptors (Lipinski definition) is 3. The molecule has 21 heavy (non-hydrogen) atoms. The fourth-order valence-corrected chi connectivity index (χ4v) is 3.63. The van der Waals surface area contributed by atoms with Gasteiger partial charge in [-0.25, -0.2) is 4.98 Å². The van der Waals surface area contributed by atoms with Gasteiger partial charge in [0.2, 0.25) is 0 Å². The molecule has 1 atom stereocenters. The van der Waals surface area contributed by atoms with Gasteiger partial charge in [0.1, 0.15) is 12.2 Å². The van der Waals surface area contributed by atoms with Crippen LogP contribution in [0.4, 0.5) is 0 Å². The Bertz CT molecular complexity index is 571. The second-order valence-electron chi connectivity index (χ2n) is 5.91. The van der Waals surface area contributed by atoms with Crippen LogP contribution in [0.25, 0.3) is 0 Å². The molecule has 0 spiro atoms. The SMILES string of the molecule is CCn1ncnc1CC(NC)C1(c2ccccc2)CCC1. The predicted octanol–water partition coefficient (Wildman–Crippen LogP) is 2.55. The summed E-state index contributed by atoms with van der Waals surface area (Å²) in [5, 5.41) is 7.85. The number of benzene rings is 1. The normalized spacial score (nSPS) is 18.2. The Balaban J connectivity index is 1.88. The third kappa shape index (κ3) is 2.48. The zero-order valence-electron chi connectivity index (χ0n) is 12.9. The average molecular weight is 284 g/mol. The lowest BCUT2D eigenvalue weighted by molar-refractivity contribution is 0.171. The van der Waals surface area contributed by atoms with Crippen LogP contribution in [-0.4, -0.2) is 27.9 Å². The maximum atomic E-state index is 4.45. The highest BCUT2D eigenvalue weighted by molar-refractivity contribution is 5.31. The molecule has 0 saturated heterocycles. The molecule has 2 aromatic rings. The first-order valence-electron chi connectivity index (χ1n) is 7.89. The van der Waals surface area contributed by atoms with Crippen LogP contribution < -0.4 is 5.32 Å². The van der Waals surface area contributed by atoms with Crippen molar-refractivity contribution in [3.05, 3.63) is 48.0 Å². The molecule has 0 amide bonds. The van der Waals surface area contributed by atoms with Gasteiger partial charge in [0.15, 0.2) is 0 Å². The molecule has 0 aliphatic heterocycles. The molecule has 1 aliphatic rings. The molecular formula is C17H24N4. The highest BCUT2D eigenvalue weighted by Gasteiger charge is 2.45. The lowest BCUT2D eigenvalue weighted by atomic mass is 9.59. The minimum Gasteiger partial charge on any atom is -0.316 e. The van der Waals surface area contributed by atoms with Gasteiger partial charge in [-0.05, 0) is 32.4 Å². The molecule has 1 fully saturated rings. The van der Waals surface area contributed by atoms with E-state index in [-0.39, 0.29) is 5.41 Å². The molecule has 1 aromatic heterocycles. The van der Waals surface area contributed by atoms with E-state index in [0.717, 1.165) is 18.8 Å². The van der Waals surface area contributed by atoms with E-state index in [1.54, 1.807) is 6.33 Å². The summed E-state index contributed by atoms with van der Waals surface area (Å²) in [6.45, 7) is 2.99. The van der Waals surface area contributed by atoms with Crippen molar-refractivity contribution in [2.45, 2.75) is 50.6 Å². The Morgan fingerprint density at radius 1 is 1.29 bits per heavy atom. The monoisotopic (exact) mass is 284 g/mol. The highest BCUT2D eigenvalue weighted by Crippen LogP contribution is 2.47. The first-order valence-corrected chi connectivity index (χ1v) is 7.89. The highest BCUT2D eigenvalue weighted by atomic mass is 15.3. The third-order valence-electron chi connectivity index (χ3n) is 4.99. The second-order valence-corrected chi connectivity index (χ2v) is 5.91. The van der Waals surface area contributed by atoms with E-state index in [1.807, 2.05) is 4.68 Å². The third-order valence-corrected chi connectivity index (χ3v) is 4.99. The Morgan fingerprint density at radius 3 is 2.62 bits per heavy atom. The van der Waals surface area contributed by atoms with Crippen LogP contribution in [0.5, 0.6) is 0 Å². The summed E-state index contributed by atoms with van der Waals surface area (Å²) in [4.78, 5) is 4.45. The first-order chi connectivity index (χ1) is 10.3. The predicted molar refractivity (Wildman–Crippen MR) is 84.2 cm³/mol. The summed E-state index contributed by atoms with van der Waals surface area (Å²) in [7, 11) is 2.07. The minimum absolute atomic E-state index is 0.251. The van der Waals surface area contributed by atoms with Gasteiger partial charge in [0, 0.05) is 24.4 Å². The van der Waals surface area contributed by atoms with Gasteiger partial charge in [-0.15, -0.1) is 0 Å². The van der Waals surface area contributed by atoms with Gasteiger partial charge < -0.3 is 5.32 Å². The Labute approximate surface area is 126 Å². The molecule has 1 aliphatic carbocycles. The van der Waals surface area contributed by atoms with Crippen molar-refractivity contribution in [1.29, 1.82) is 0 Å². The molecule has 1 N–H and O–H groups in total. The Morgan fingerprint density at radius 2 is 2.05 bits per heavy atom. The molecular weight excluding hydrogens is 260 g/mol.